The molecule has 0 bridgehead atoms. The van der Waals surface area contributed by atoms with Crippen LogP contribution in [0.3, 0.4) is 0 Å². The minimum absolute atomic E-state index is 0.0978. The molecule has 2 aromatic carbocycles. The average Bonchev–Trinajstić information content (AvgIpc) is 3.22. The minimum Gasteiger partial charge on any atom is -0.444 e. The zero-order chi connectivity index (χ0) is 23.8. The molecule has 8 nitrogen and oxygen atoms in total. The number of benzene rings is 2. The molecule has 2 N–H and O–H groups in total. The maximum Gasteiger partial charge on any atom is 0.408 e. The van der Waals surface area contributed by atoms with Crippen LogP contribution in [0.4, 0.5) is 10.5 Å². The van der Waals surface area contributed by atoms with E-state index in [1.165, 1.54) is 0 Å². The molecule has 33 heavy (non-hydrogen) atoms. The topological polar surface area (TPSA) is 106 Å². The van der Waals surface area contributed by atoms with Crippen LogP contribution in [-0.4, -0.2) is 33.6 Å². The van der Waals surface area contributed by atoms with Gasteiger partial charge < -0.3 is 19.8 Å². The normalized spacial score (nSPS) is 12.1. The van der Waals surface area contributed by atoms with Crippen molar-refractivity contribution in [2.24, 2.45) is 0 Å². The molecule has 0 fully saturated rings. The molecule has 2 amide bonds. The Morgan fingerprint density at radius 3 is 2.45 bits per heavy atom. The van der Waals surface area contributed by atoms with Crippen molar-refractivity contribution in [2.75, 3.05) is 11.1 Å². The minimum atomic E-state index is -0.639. The molecule has 0 aliphatic heterocycles. The Morgan fingerprint density at radius 2 is 1.79 bits per heavy atom. The lowest BCUT2D eigenvalue weighted by Crippen LogP contribution is -2.36. The fourth-order valence-corrected chi connectivity index (χ4v) is 3.61. The summed E-state index contributed by atoms with van der Waals surface area (Å²) in [5.74, 6) is 0.135. The van der Waals surface area contributed by atoms with Gasteiger partial charge in [0.05, 0.1) is 5.75 Å². The first-order valence-electron chi connectivity index (χ1n) is 10.2. The van der Waals surface area contributed by atoms with Gasteiger partial charge in [-0.3, -0.25) is 4.79 Å². The first kappa shape index (κ1) is 24.8. The molecule has 0 aliphatic carbocycles. The van der Waals surface area contributed by atoms with Gasteiger partial charge in [0.2, 0.25) is 11.8 Å². The number of anilines is 1. The lowest BCUT2D eigenvalue weighted by molar-refractivity contribution is -0.113. The Kier molecular flexibility index (Phi) is 8.51. The summed E-state index contributed by atoms with van der Waals surface area (Å²) in [5.41, 5.74) is 1.04. The molecule has 0 saturated carbocycles. The molecule has 0 aliphatic rings. The number of nitrogens with zero attached hydrogens (tertiary/aromatic N) is 2. The molecule has 1 atom stereocenters. The second-order valence-corrected chi connectivity index (χ2v) is 9.98. The van der Waals surface area contributed by atoms with Gasteiger partial charge in [-0.05, 0) is 50.6 Å². The van der Waals surface area contributed by atoms with Crippen LogP contribution < -0.4 is 10.6 Å². The lowest BCUT2D eigenvalue weighted by atomic mass is 10.1. The highest BCUT2D eigenvalue weighted by molar-refractivity contribution is 9.10. The van der Waals surface area contributed by atoms with E-state index < -0.39 is 17.7 Å². The third kappa shape index (κ3) is 8.54. The van der Waals surface area contributed by atoms with E-state index in [0.29, 0.717) is 12.1 Å². The molecule has 0 radical (unpaired) electrons. The number of ether oxygens (including phenoxy) is 1. The number of amides is 2. The van der Waals surface area contributed by atoms with Crippen LogP contribution >= 0.6 is 27.7 Å². The van der Waals surface area contributed by atoms with E-state index >= 15 is 0 Å². The summed E-state index contributed by atoms with van der Waals surface area (Å²) in [7, 11) is 0. The van der Waals surface area contributed by atoms with E-state index in [0.717, 1.165) is 21.8 Å². The van der Waals surface area contributed by atoms with E-state index in [9.17, 15) is 9.59 Å². The van der Waals surface area contributed by atoms with Crippen molar-refractivity contribution in [1.82, 2.24) is 15.5 Å². The number of nitrogens with one attached hydrogen (secondary N) is 2. The van der Waals surface area contributed by atoms with E-state index in [4.69, 9.17) is 9.15 Å². The summed E-state index contributed by atoms with van der Waals surface area (Å²) in [4.78, 5) is 24.6. The van der Waals surface area contributed by atoms with Crippen LogP contribution in [-0.2, 0) is 16.0 Å². The van der Waals surface area contributed by atoms with Gasteiger partial charge in [-0.25, -0.2) is 4.79 Å². The Bertz CT molecular complexity index is 1070. The van der Waals surface area contributed by atoms with Gasteiger partial charge in [0.1, 0.15) is 11.6 Å². The van der Waals surface area contributed by atoms with Crippen LogP contribution in [0.25, 0.3) is 0 Å². The van der Waals surface area contributed by atoms with Gasteiger partial charge in [-0.1, -0.05) is 58.0 Å². The standard InChI is InChI=1S/C23H25BrN4O4S/c1-23(2,3)32-21(30)26-18(13-15-7-5-4-6-8-15)20-27-28-22(31-20)33-14-19(29)25-17-11-9-16(24)10-12-17/h4-12,18H,13-14H2,1-3H3,(H,25,29)(H,26,30). The second kappa shape index (κ2) is 11.3. The zero-order valence-corrected chi connectivity index (χ0v) is 20.9. The molecule has 10 heteroatoms. The second-order valence-electron chi connectivity index (χ2n) is 8.14. The molecule has 0 spiro atoms. The summed E-state index contributed by atoms with van der Waals surface area (Å²) < 4.78 is 12.1. The SMILES string of the molecule is CC(C)(C)OC(=O)NC(Cc1ccccc1)c1nnc(SCC(=O)Nc2ccc(Br)cc2)o1. The molecular formula is C23H25BrN4O4S. The van der Waals surface area contributed by atoms with Gasteiger partial charge in [0, 0.05) is 16.6 Å². The highest BCUT2D eigenvalue weighted by Gasteiger charge is 2.25. The number of hydrogen-bond donors (Lipinski definition) is 2. The summed E-state index contributed by atoms with van der Waals surface area (Å²) in [6, 6.07) is 16.3. The summed E-state index contributed by atoms with van der Waals surface area (Å²) in [5, 5.41) is 14.0. The molecular weight excluding hydrogens is 508 g/mol. The summed E-state index contributed by atoms with van der Waals surface area (Å²) in [6.45, 7) is 5.37. The predicted molar refractivity (Wildman–Crippen MR) is 130 cm³/mol. The average molecular weight is 533 g/mol. The van der Waals surface area contributed by atoms with Crippen molar-refractivity contribution in [3.63, 3.8) is 0 Å². The maximum atomic E-state index is 12.4. The fraction of sp³-hybridized carbons (Fsp3) is 0.304. The Hall–Kier alpha value is -2.85. The van der Waals surface area contributed by atoms with Gasteiger partial charge in [-0.15, -0.1) is 10.2 Å². The highest BCUT2D eigenvalue weighted by Crippen LogP contribution is 2.23. The van der Waals surface area contributed by atoms with Crippen molar-refractivity contribution in [3.8, 4) is 0 Å². The van der Waals surface area contributed by atoms with Gasteiger partial charge in [0.15, 0.2) is 0 Å². The van der Waals surface area contributed by atoms with Crippen LogP contribution in [0.2, 0.25) is 0 Å². The van der Waals surface area contributed by atoms with Crippen molar-refractivity contribution < 1.29 is 18.7 Å². The van der Waals surface area contributed by atoms with Crippen molar-refractivity contribution in [1.29, 1.82) is 0 Å². The number of halogens is 1. The van der Waals surface area contributed by atoms with Crippen LogP contribution in [0, 0.1) is 0 Å². The number of aromatic nitrogens is 2. The smallest absolute Gasteiger partial charge is 0.408 e. The largest absolute Gasteiger partial charge is 0.444 e. The Labute approximate surface area is 205 Å². The van der Waals surface area contributed by atoms with E-state index in [1.807, 2.05) is 42.5 Å². The third-order valence-corrected chi connectivity index (χ3v) is 5.50. The number of hydrogen-bond acceptors (Lipinski definition) is 7. The van der Waals surface area contributed by atoms with E-state index in [-0.39, 0.29) is 22.8 Å². The Balaban J connectivity index is 1.63. The first-order chi connectivity index (χ1) is 15.7. The predicted octanol–water partition coefficient (Wildman–Crippen LogP) is 5.37. The third-order valence-electron chi connectivity index (χ3n) is 4.15. The quantitative estimate of drug-likeness (QED) is 0.375. The van der Waals surface area contributed by atoms with Crippen molar-refractivity contribution in [2.45, 2.75) is 44.1 Å². The molecule has 174 valence electrons. The van der Waals surface area contributed by atoms with Gasteiger partial charge in [0.25, 0.3) is 5.22 Å². The molecule has 1 unspecified atom stereocenters. The molecule has 1 aromatic heterocycles. The highest BCUT2D eigenvalue weighted by atomic mass is 79.9. The number of carbonyl (C=O) groups is 2. The molecule has 3 aromatic rings. The summed E-state index contributed by atoms with van der Waals surface area (Å²) >= 11 is 4.48. The first-order valence-corrected chi connectivity index (χ1v) is 12.0. The Morgan fingerprint density at radius 1 is 1.09 bits per heavy atom. The molecule has 3 rings (SSSR count). The lowest BCUT2D eigenvalue weighted by Gasteiger charge is -2.22. The number of thioether (sulfide) groups is 1. The van der Waals surface area contributed by atoms with Crippen molar-refractivity contribution >= 4 is 45.4 Å². The fourth-order valence-electron chi connectivity index (χ4n) is 2.78. The monoisotopic (exact) mass is 532 g/mol. The molecule has 0 saturated heterocycles. The zero-order valence-electron chi connectivity index (χ0n) is 18.5. The van der Waals surface area contributed by atoms with Crippen LogP contribution in [0.5, 0.6) is 0 Å². The van der Waals surface area contributed by atoms with Gasteiger partial charge >= 0.3 is 6.09 Å². The van der Waals surface area contributed by atoms with E-state index in [2.05, 4.69) is 36.8 Å². The van der Waals surface area contributed by atoms with Crippen LogP contribution in [0.1, 0.15) is 38.3 Å². The number of rotatable bonds is 8. The maximum absolute atomic E-state index is 12.4. The summed E-state index contributed by atoms with van der Waals surface area (Å²) in [6.07, 6.45) is -0.138. The van der Waals surface area contributed by atoms with E-state index in [1.54, 1.807) is 32.9 Å². The number of alkyl carbamates (subject to hydrolysis) is 1. The molecule has 1 heterocycles. The van der Waals surface area contributed by atoms with Gasteiger partial charge in [-0.2, -0.15) is 0 Å². The van der Waals surface area contributed by atoms with Crippen molar-refractivity contribution in [3.05, 3.63) is 70.5 Å². The van der Waals surface area contributed by atoms with Crippen LogP contribution in [0.15, 0.2) is 68.7 Å². The number of carbonyl (C=O) groups excluding carboxylic acids is 2.